The Hall–Kier alpha value is -3.60. The van der Waals surface area contributed by atoms with E-state index < -0.39 is 0 Å². The molecule has 4 nitrogen and oxygen atoms in total. The zero-order valence-electron chi connectivity index (χ0n) is 23.2. The molecular weight excluding hydrogens is 468 g/mol. The minimum Gasteiger partial charge on any atom is -0.485 e. The minimum atomic E-state index is 0.0924. The molecule has 0 saturated carbocycles. The summed E-state index contributed by atoms with van der Waals surface area (Å²) in [5.41, 5.74) is 4.79. The third kappa shape index (κ3) is 9.37. The summed E-state index contributed by atoms with van der Waals surface area (Å²) >= 11 is 0. The number of rotatable bonds is 12. The second kappa shape index (κ2) is 16.3. The Morgan fingerprint density at radius 3 is 1.18 bits per heavy atom. The summed E-state index contributed by atoms with van der Waals surface area (Å²) in [6.45, 7) is 6.03. The van der Waals surface area contributed by atoms with E-state index in [0.717, 1.165) is 37.4 Å². The largest absolute Gasteiger partial charge is 0.485 e. The van der Waals surface area contributed by atoms with Crippen molar-refractivity contribution in [3.63, 3.8) is 0 Å². The van der Waals surface area contributed by atoms with Gasteiger partial charge in [0.05, 0.1) is 0 Å². The van der Waals surface area contributed by atoms with Crippen LogP contribution in [0.4, 0.5) is 0 Å². The van der Waals surface area contributed by atoms with Crippen LogP contribution in [0, 0.1) is 13.8 Å². The van der Waals surface area contributed by atoms with Crippen LogP contribution in [-0.4, -0.2) is 27.2 Å². The first kappa shape index (κ1) is 29.0. The molecule has 4 aromatic rings. The number of hydrogen-bond donors (Lipinski definition) is 2. The molecule has 0 aliphatic rings. The molecule has 2 N–H and O–H groups in total. The fourth-order valence-electron chi connectivity index (χ4n) is 4.16. The van der Waals surface area contributed by atoms with Crippen LogP contribution in [0.1, 0.15) is 47.3 Å². The van der Waals surface area contributed by atoms with E-state index in [1.807, 2.05) is 62.6 Å². The fourth-order valence-corrected chi connectivity index (χ4v) is 4.16. The van der Waals surface area contributed by atoms with Crippen LogP contribution < -0.4 is 20.1 Å². The van der Waals surface area contributed by atoms with Gasteiger partial charge in [0.25, 0.3) is 0 Å². The zero-order valence-corrected chi connectivity index (χ0v) is 23.2. The summed E-state index contributed by atoms with van der Waals surface area (Å²) < 4.78 is 12.4. The first-order valence-corrected chi connectivity index (χ1v) is 13.5. The Bertz CT molecular complexity index is 1090. The fraction of sp³-hybridized carbons (Fsp3) is 0.294. The third-order valence-electron chi connectivity index (χ3n) is 6.38. The van der Waals surface area contributed by atoms with Crippen molar-refractivity contribution < 1.29 is 9.47 Å². The van der Waals surface area contributed by atoms with Gasteiger partial charge in [0.1, 0.15) is 23.7 Å². The highest BCUT2D eigenvalue weighted by Gasteiger charge is 2.14. The van der Waals surface area contributed by atoms with Gasteiger partial charge in [0.2, 0.25) is 0 Å². The Balaban J connectivity index is 0.000000211. The van der Waals surface area contributed by atoms with Crippen LogP contribution in [0.3, 0.4) is 0 Å². The van der Waals surface area contributed by atoms with Gasteiger partial charge < -0.3 is 20.1 Å². The lowest BCUT2D eigenvalue weighted by molar-refractivity contribution is 0.193. The number of ether oxygens (including phenoxy) is 2. The Morgan fingerprint density at radius 1 is 0.500 bits per heavy atom. The van der Waals surface area contributed by atoms with Crippen molar-refractivity contribution in [1.82, 2.24) is 10.6 Å². The normalized spacial score (nSPS) is 12.1. The molecule has 2 atom stereocenters. The molecule has 2 unspecified atom stereocenters. The average molecular weight is 511 g/mol. The summed E-state index contributed by atoms with van der Waals surface area (Å²) in [5.74, 6) is 1.93. The van der Waals surface area contributed by atoms with Crippen LogP contribution in [0.2, 0.25) is 0 Å². The maximum absolute atomic E-state index is 6.19. The summed E-state index contributed by atoms with van der Waals surface area (Å²) in [7, 11) is 3.94. The van der Waals surface area contributed by atoms with Crippen molar-refractivity contribution in [2.24, 2.45) is 0 Å². The van der Waals surface area contributed by atoms with Gasteiger partial charge in [-0.15, -0.1) is 0 Å². The molecule has 0 fully saturated rings. The lowest BCUT2D eigenvalue weighted by atomic mass is 10.1. The summed E-state index contributed by atoms with van der Waals surface area (Å²) in [6.07, 6.45) is 2.09. The molecule has 0 saturated heterocycles. The molecule has 0 spiro atoms. The first-order valence-electron chi connectivity index (χ1n) is 13.5. The maximum Gasteiger partial charge on any atom is 0.125 e. The third-order valence-corrected chi connectivity index (χ3v) is 6.38. The SMILES string of the molecule is CNCCC(Oc1ccccc1C)c1ccccc1.CNCCC(Oc1ccccc1C)c1ccccc1. The zero-order chi connectivity index (χ0) is 27.0. The molecule has 38 heavy (non-hydrogen) atoms. The number of para-hydroxylation sites is 2. The van der Waals surface area contributed by atoms with Crippen molar-refractivity contribution in [2.75, 3.05) is 27.2 Å². The molecule has 4 rings (SSSR count). The molecule has 0 aliphatic heterocycles. The molecule has 200 valence electrons. The van der Waals surface area contributed by atoms with Crippen molar-refractivity contribution in [1.29, 1.82) is 0 Å². The predicted octanol–water partition coefficient (Wildman–Crippen LogP) is 7.45. The number of nitrogens with one attached hydrogen (secondary N) is 2. The monoisotopic (exact) mass is 510 g/mol. The summed E-state index contributed by atoms with van der Waals surface area (Å²) in [4.78, 5) is 0. The molecule has 0 aromatic heterocycles. The molecule has 0 heterocycles. The van der Waals surface area contributed by atoms with Gasteiger partial charge >= 0.3 is 0 Å². The van der Waals surface area contributed by atoms with Crippen LogP contribution in [-0.2, 0) is 0 Å². The first-order chi connectivity index (χ1) is 18.6. The lowest BCUT2D eigenvalue weighted by Crippen LogP contribution is -2.16. The highest BCUT2D eigenvalue weighted by molar-refractivity contribution is 5.34. The molecule has 0 amide bonds. The Morgan fingerprint density at radius 2 is 0.842 bits per heavy atom. The van der Waals surface area contributed by atoms with E-state index in [4.69, 9.17) is 9.47 Å². The molecule has 4 heteroatoms. The van der Waals surface area contributed by atoms with Gasteiger partial charge in [0.15, 0.2) is 0 Å². The van der Waals surface area contributed by atoms with E-state index in [1.54, 1.807) is 0 Å². The van der Waals surface area contributed by atoms with Crippen molar-refractivity contribution in [3.05, 3.63) is 131 Å². The van der Waals surface area contributed by atoms with Crippen LogP contribution in [0.15, 0.2) is 109 Å². The molecule has 0 radical (unpaired) electrons. The van der Waals surface area contributed by atoms with E-state index in [0.29, 0.717) is 0 Å². The standard InChI is InChI=1S/2C17H21NO/c2*1-14-8-6-7-11-16(14)19-17(12-13-18-2)15-9-4-3-5-10-15/h2*3-11,17-18H,12-13H2,1-2H3. The van der Waals surface area contributed by atoms with Gasteiger partial charge in [-0.05, 0) is 75.4 Å². The van der Waals surface area contributed by atoms with Crippen molar-refractivity contribution >= 4 is 0 Å². The highest BCUT2D eigenvalue weighted by atomic mass is 16.5. The molecular formula is C34H42N2O2. The minimum absolute atomic E-state index is 0.0924. The van der Waals surface area contributed by atoms with Gasteiger partial charge in [-0.1, -0.05) is 97.1 Å². The maximum atomic E-state index is 6.19. The van der Waals surface area contributed by atoms with E-state index in [9.17, 15) is 0 Å². The van der Waals surface area contributed by atoms with Gasteiger partial charge in [-0.25, -0.2) is 0 Å². The van der Waals surface area contributed by atoms with Crippen molar-refractivity contribution in [3.8, 4) is 11.5 Å². The predicted molar refractivity (Wildman–Crippen MR) is 159 cm³/mol. The van der Waals surface area contributed by atoms with E-state index in [2.05, 4.69) is 85.1 Å². The summed E-state index contributed by atoms with van der Waals surface area (Å²) in [6, 6.07) is 37.1. The molecule has 0 bridgehead atoms. The van der Waals surface area contributed by atoms with Crippen LogP contribution in [0.5, 0.6) is 11.5 Å². The van der Waals surface area contributed by atoms with E-state index in [1.165, 1.54) is 22.3 Å². The van der Waals surface area contributed by atoms with Crippen molar-refractivity contribution in [2.45, 2.75) is 38.9 Å². The Labute approximate surface area is 229 Å². The number of hydrogen-bond acceptors (Lipinski definition) is 4. The summed E-state index contributed by atoms with van der Waals surface area (Å²) in [5, 5.41) is 6.38. The van der Waals surface area contributed by atoms with Gasteiger partial charge in [-0.3, -0.25) is 0 Å². The highest BCUT2D eigenvalue weighted by Crippen LogP contribution is 2.28. The lowest BCUT2D eigenvalue weighted by Gasteiger charge is -2.20. The second-order valence-corrected chi connectivity index (χ2v) is 9.35. The second-order valence-electron chi connectivity index (χ2n) is 9.35. The van der Waals surface area contributed by atoms with E-state index in [-0.39, 0.29) is 12.2 Å². The molecule has 0 aliphatic carbocycles. The van der Waals surface area contributed by atoms with Crippen LogP contribution in [0.25, 0.3) is 0 Å². The smallest absolute Gasteiger partial charge is 0.125 e. The topological polar surface area (TPSA) is 42.5 Å². The quantitative estimate of drug-likeness (QED) is 0.208. The average Bonchev–Trinajstić information content (AvgIpc) is 2.96. The van der Waals surface area contributed by atoms with Crippen LogP contribution >= 0.6 is 0 Å². The number of aryl methyl sites for hydroxylation is 2. The molecule has 4 aromatic carbocycles. The van der Waals surface area contributed by atoms with Gasteiger partial charge in [0, 0.05) is 12.8 Å². The van der Waals surface area contributed by atoms with E-state index >= 15 is 0 Å². The number of benzene rings is 4. The Kier molecular flexibility index (Phi) is 12.4. The van der Waals surface area contributed by atoms with Gasteiger partial charge in [-0.2, -0.15) is 0 Å².